The first-order valence-electron chi connectivity index (χ1n) is 6.22. The van der Waals surface area contributed by atoms with Crippen molar-refractivity contribution in [2.75, 3.05) is 24.2 Å². The summed E-state index contributed by atoms with van der Waals surface area (Å²) in [4.78, 5) is 11.9. The summed E-state index contributed by atoms with van der Waals surface area (Å²) in [6.45, 7) is 5.04. The number of hydrogen-bond donors (Lipinski definition) is 3. The van der Waals surface area contributed by atoms with Gasteiger partial charge < -0.3 is 20.9 Å². The molecule has 0 fully saturated rings. The molecule has 0 saturated heterocycles. The molecule has 0 amide bonds. The van der Waals surface area contributed by atoms with E-state index in [0.29, 0.717) is 25.5 Å². The quantitative estimate of drug-likeness (QED) is 0.631. The highest BCUT2D eigenvalue weighted by atomic mass is 16.5. The molecule has 102 valence electrons. The van der Waals surface area contributed by atoms with Gasteiger partial charge in [-0.3, -0.25) is 0 Å². The number of nitrogen functional groups attached to an aromatic ring is 1. The van der Waals surface area contributed by atoms with Crippen LogP contribution in [-0.2, 0) is 0 Å². The average molecular weight is 255 g/mol. The molecule has 0 aliphatic carbocycles. The van der Waals surface area contributed by atoms with Gasteiger partial charge in [-0.05, 0) is 19.3 Å². The van der Waals surface area contributed by atoms with Crippen molar-refractivity contribution in [3.63, 3.8) is 0 Å². The molecule has 7 nitrogen and oxygen atoms in total. The van der Waals surface area contributed by atoms with Gasteiger partial charge in [0.2, 0.25) is 11.9 Å². The van der Waals surface area contributed by atoms with Gasteiger partial charge in [-0.1, -0.05) is 13.8 Å². The van der Waals surface area contributed by atoms with E-state index in [-0.39, 0.29) is 18.1 Å². The average Bonchev–Trinajstić information content (AvgIpc) is 2.35. The predicted molar refractivity (Wildman–Crippen MR) is 69.4 cm³/mol. The minimum absolute atomic E-state index is 0.120. The minimum atomic E-state index is -0.313. The van der Waals surface area contributed by atoms with Crippen LogP contribution in [0.4, 0.5) is 11.9 Å². The first-order chi connectivity index (χ1) is 8.65. The molecule has 18 heavy (non-hydrogen) atoms. The Morgan fingerprint density at radius 3 is 2.78 bits per heavy atom. The zero-order chi connectivity index (χ0) is 13.4. The molecule has 1 aromatic heterocycles. The van der Waals surface area contributed by atoms with Gasteiger partial charge in [-0.2, -0.15) is 15.0 Å². The summed E-state index contributed by atoms with van der Waals surface area (Å²) in [5, 5.41) is 12.4. The van der Waals surface area contributed by atoms with E-state index >= 15 is 0 Å². The Kier molecular flexibility index (Phi) is 6.13. The Bertz CT molecular complexity index is 361. The van der Waals surface area contributed by atoms with Gasteiger partial charge in [0, 0.05) is 6.54 Å². The van der Waals surface area contributed by atoms with Crippen molar-refractivity contribution in [1.82, 2.24) is 15.0 Å². The summed E-state index contributed by atoms with van der Waals surface area (Å²) >= 11 is 0. The topological polar surface area (TPSA) is 106 Å². The number of aromatic nitrogens is 3. The Morgan fingerprint density at radius 2 is 2.11 bits per heavy atom. The number of nitrogens with zero attached hydrogens (tertiary/aromatic N) is 3. The molecule has 0 aliphatic rings. The summed E-state index contributed by atoms with van der Waals surface area (Å²) in [6.07, 6.45) is 1.92. The second-order valence-electron chi connectivity index (χ2n) is 3.93. The van der Waals surface area contributed by atoms with Crippen molar-refractivity contribution >= 4 is 11.9 Å². The smallest absolute Gasteiger partial charge is 0.323 e. The second kappa shape index (κ2) is 7.65. The summed E-state index contributed by atoms with van der Waals surface area (Å²) in [5.41, 5.74) is 5.56. The number of rotatable bonds is 8. The van der Waals surface area contributed by atoms with Crippen LogP contribution in [0.3, 0.4) is 0 Å². The molecule has 1 aromatic rings. The van der Waals surface area contributed by atoms with E-state index in [2.05, 4.69) is 20.3 Å². The largest absolute Gasteiger partial charge is 0.463 e. The van der Waals surface area contributed by atoms with Crippen LogP contribution in [0.2, 0.25) is 0 Å². The first kappa shape index (κ1) is 14.4. The number of aliphatic hydroxyl groups excluding tert-OH is 1. The van der Waals surface area contributed by atoms with Crippen LogP contribution < -0.4 is 15.8 Å². The third-order valence-electron chi connectivity index (χ3n) is 2.30. The van der Waals surface area contributed by atoms with Crippen LogP contribution in [0.1, 0.15) is 33.1 Å². The molecule has 0 spiro atoms. The number of nitrogens with one attached hydrogen (secondary N) is 1. The fourth-order valence-electron chi connectivity index (χ4n) is 1.26. The van der Waals surface area contributed by atoms with Gasteiger partial charge in [-0.25, -0.2) is 0 Å². The van der Waals surface area contributed by atoms with E-state index < -0.39 is 0 Å². The molecule has 1 atom stereocenters. The first-order valence-corrected chi connectivity index (χ1v) is 6.22. The van der Waals surface area contributed by atoms with Gasteiger partial charge in [0.05, 0.1) is 12.7 Å². The molecule has 7 heteroatoms. The highest BCUT2D eigenvalue weighted by Crippen LogP contribution is 2.09. The zero-order valence-corrected chi connectivity index (χ0v) is 10.9. The maximum Gasteiger partial charge on any atom is 0.323 e. The molecule has 1 unspecified atom stereocenters. The predicted octanol–water partition coefficient (Wildman–Crippen LogP) is 0.815. The van der Waals surface area contributed by atoms with Gasteiger partial charge in [0.1, 0.15) is 0 Å². The second-order valence-corrected chi connectivity index (χ2v) is 3.93. The third-order valence-corrected chi connectivity index (χ3v) is 2.30. The lowest BCUT2D eigenvalue weighted by Gasteiger charge is -2.09. The van der Waals surface area contributed by atoms with Crippen LogP contribution in [0.25, 0.3) is 0 Å². The van der Waals surface area contributed by atoms with Gasteiger partial charge >= 0.3 is 6.01 Å². The van der Waals surface area contributed by atoms with Crippen molar-refractivity contribution in [2.24, 2.45) is 0 Å². The number of anilines is 2. The van der Waals surface area contributed by atoms with Crippen molar-refractivity contribution in [2.45, 2.75) is 39.2 Å². The van der Waals surface area contributed by atoms with Crippen LogP contribution >= 0.6 is 0 Å². The fourth-order valence-corrected chi connectivity index (χ4v) is 1.26. The highest BCUT2D eigenvalue weighted by molar-refractivity contribution is 5.32. The lowest BCUT2D eigenvalue weighted by molar-refractivity contribution is 0.164. The maximum atomic E-state index is 9.42. The zero-order valence-electron chi connectivity index (χ0n) is 10.9. The van der Waals surface area contributed by atoms with Crippen molar-refractivity contribution < 1.29 is 9.84 Å². The number of nitrogens with two attached hydrogens (primary N) is 1. The van der Waals surface area contributed by atoms with Gasteiger partial charge in [-0.15, -0.1) is 0 Å². The molecule has 0 bridgehead atoms. The van der Waals surface area contributed by atoms with E-state index in [1.54, 1.807) is 0 Å². The summed E-state index contributed by atoms with van der Waals surface area (Å²) in [6, 6.07) is 0.225. The lowest BCUT2D eigenvalue weighted by Crippen LogP contribution is -2.15. The normalized spacial score (nSPS) is 12.2. The number of hydrogen-bond acceptors (Lipinski definition) is 7. The SMILES string of the molecule is CCCOc1nc(N)nc(NCCC(O)CC)n1. The fraction of sp³-hybridized carbons (Fsp3) is 0.727. The molecule has 0 saturated carbocycles. The summed E-state index contributed by atoms with van der Waals surface area (Å²) in [5.74, 6) is 0.492. The standard InChI is InChI=1S/C11H21N5O2/c1-3-7-18-11-15-9(12)14-10(16-11)13-6-5-8(17)4-2/h8,17H,3-7H2,1-2H3,(H3,12,13,14,15,16). The lowest BCUT2D eigenvalue weighted by atomic mass is 10.2. The molecule has 0 radical (unpaired) electrons. The van der Waals surface area contributed by atoms with Crippen LogP contribution in [0.15, 0.2) is 0 Å². The monoisotopic (exact) mass is 255 g/mol. The Hall–Kier alpha value is -1.63. The highest BCUT2D eigenvalue weighted by Gasteiger charge is 2.06. The van der Waals surface area contributed by atoms with E-state index in [4.69, 9.17) is 10.5 Å². The van der Waals surface area contributed by atoms with Crippen LogP contribution in [-0.4, -0.2) is 39.3 Å². The Labute approximate surface area is 107 Å². The third kappa shape index (κ3) is 5.13. The van der Waals surface area contributed by atoms with Gasteiger partial charge in [0.25, 0.3) is 0 Å². The molecular weight excluding hydrogens is 234 g/mol. The van der Waals surface area contributed by atoms with Crippen molar-refractivity contribution in [3.8, 4) is 6.01 Å². The molecular formula is C11H21N5O2. The van der Waals surface area contributed by atoms with E-state index in [1.165, 1.54) is 0 Å². The van der Waals surface area contributed by atoms with Crippen LogP contribution in [0, 0.1) is 0 Å². The van der Waals surface area contributed by atoms with Crippen LogP contribution in [0.5, 0.6) is 6.01 Å². The van der Waals surface area contributed by atoms with Crippen molar-refractivity contribution in [1.29, 1.82) is 0 Å². The molecule has 1 rings (SSSR count). The van der Waals surface area contributed by atoms with Gasteiger partial charge in [0.15, 0.2) is 0 Å². The number of aliphatic hydroxyl groups is 1. The maximum absolute atomic E-state index is 9.42. The Morgan fingerprint density at radius 1 is 1.33 bits per heavy atom. The summed E-state index contributed by atoms with van der Waals surface area (Å²) in [7, 11) is 0. The van der Waals surface area contributed by atoms with E-state index in [1.807, 2.05) is 13.8 Å². The van der Waals surface area contributed by atoms with E-state index in [9.17, 15) is 5.11 Å². The molecule has 0 aromatic carbocycles. The number of ether oxygens (including phenoxy) is 1. The van der Waals surface area contributed by atoms with E-state index in [0.717, 1.165) is 12.8 Å². The molecule has 1 heterocycles. The van der Waals surface area contributed by atoms with Crippen molar-refractivity contribution in [3.05, 3.63) is 0 Å². The minimum Gasteiger partial charge on any atom is -0.463 e. The molecule has 4 N–H and O–H groups in total. The molecule has 0 aliphatic heterocycles. The summed E-state index contributed by atoms with van der Waals surface area (Å²) < 4.78 is 5.29. The Balaban J connectivity index is 2.51.